The third kappa shape index (κ3) is 3.03. The van der Waals surface area contributed by atoms with Crippen LogP contribution in [0.25, 0.3) is 0 Å². The zero-order valence-corrected chi connectivity index (χ0v) is 13.3. The van der Waals surface area contributed by atoms with Gasteiger partial charge in [-0.25, -0.2) is 4.98 Å². The van der Waals surface area contributed by atoms with Gasteiger partial charge in [0.25, 0.3) is 0 Å². The van der Waals surface area contributed by atoms with Crippen LogP contribution in [0.2, 0.25) is 0 Å². The van der Waals surface area contributed by atoms with Crippen molar-refractivity contribution in [3.63, 3.8) is 0 Å². The molecule has 0 bridgehead atoms. The van der Waals surface area contributed by atoms with Crippen LogP contribution in [0, 0.1) is 10.1 Å². The van der Waals surface area contributed by atoms with E-state index >= 15 is 0 Å². The van der Waals surface area contributed by atoms with E-state index in [-0.39, 0.29) is 18.4 Å². The van der Waals surface area contributed by atoms with Gasteiger partial charge >= 0.3 is 11.8 Å². The van der Waals surface area contributed by atoms with Gasteiger partial charge in [-0.05, 0) is 33.8 Å². The Hall–Kier alpha value is -2.16. The lowest BCUT2D eigenvalue weighted by atomic mass is 10.0. The molecule has 116 valence electrons. The van der Waals surface area contributed by atoms with Gasteiger partial charge in [-0.2, -0.15) is 0 Å². The molecule has 0 aromatic carbocycles. The molecule has 1 atom stereocenters. The number of nitrogens with zero attached hydrogens (tertiary/aromatic N) is 4. The summed E-state index contributed by atoms with van der Waals surface area (Å²) in [6, 6.07) is 3.83. The van der Waals surface area contributed by atoms with Crippen LogP contribution in [0.4, 0.5) is 5.82 Å². The topological polar surface area (TPSA) is 92.3 Å². The van der Waals surface area contributed by atoms with E-state index in [0.717, 1.165) is 4.47 Å². The van der Waals surface area contributed by atoms with Crippen molar-refractivity contribution in [3.05, 3.63) is 39.1 Å². The largest absolute Gasteiger partial charge is 0.473 e. The number of hydrogen-bond donors (Lipinski definition) is 0. The minimum absolute atomic E-state index is 0.213. The van der Waals surface area contributed by atoms with Crippen molar-refractivity contribution in [3.8, 4) is 11.9 Å². The van der Waals surface area contributed by atoms with E-state index in [1.807, 2.05) is 13.0 Å². The van der Waals surface area contributed by atoms with E-state index in [9.17, 15) is 10.1 Å². The summed E-state index contributed by atoms with van der Waals surface area (Å²) >= 11 is 3.31. The Bertz CT molecular complexity index is 703. The average Bonchev–Trinajstić information content (AvgIpc) is 2.90. The highest BCUT2D eigenvalue weighted by Crippen LogP contribution is 2.30. The van der Waals surface area contributed by atoms with Gasteiger partial charge < -0.3 is 19.6 Å². The zero-order valence-electron chi connectivity index (χ0n) is 11.7. The second kappa shape index (κ2) is 5.56. The van der Waals surface area contributed by atoms with Crippen LogP contribution < -0.4 is 9.47 Å². The van der Waals surface area contributed by atoms with E-state index in [1.54, 1.807) is 16.8 Å². The summed E-state index contributed by atoms with van der Waals surface area (Å²) in [6.07, 6.45) is 3.69. The first-order chi connectivity index (χ1) is 10.5. The Morgan fingerprint density at radius 3 is 3.09 bits per heavy atom. The van der Waals surface area contributed by atoms with E-state index in [0.29, 0.717) is 18.8 Å². The fraction of sp³-hybridized carbons (Fsp3) is 0.385. The quantitative estimate of drug-likeness (QED) is 0.608. The third-order valence-electron chi connectivity index (χ3n) is 3.36. The number of aryl methyl sites for hydroxylation is 1. The van der Waals surface area contributed by atoms with Crippen LogP contribution in [-0.4, -0.2) is 31.7 Å². The Kier molecular flexibility index (Phi) is 3.73. The number of aromatic nitrogens is 3. The monoisotopic (exact) mass is 368 g/mol. The lowest BCUT2D eigenvalue weighted by molar-refractivity contribution is -0.389. The molecule has 9 heteroatoms. The molecule has 3 heterocycles. The molecule has 2 aromatic rings. The maximum atomic E-state index is 10.8. The molecule has 8 nitrogen and oxygen atoms in total. The summed E-state index contributed by atoms with van der Waals surface area (Å²) in [5, 5.41) is 10.8. The number of fused-ring (bicyclic) bond motifs is 1. The van der Waals surface area contributed by atoms with Crippen LogP contribution >= 0.6 is 15.9 Å². The summed E-state index contributed by atoms with van der Waals surface area (Å²) in [4.78, 5) is 18.2. The fourth-order valence-corrected chi connectivity index (χ4v) is 2.35. The minimum Gasteiger partial charge on any atom is -0.473 e. The molecular formula is C13H13BrN4O4. The van der Waals surface area contributed by atoms with Crippen molar-refractivity contribution < 1.29 is 14.4 Å². The van der Waals surface area contributed by atoms with Crippen molar-refractivity contribution in [2.45, 2.75) is 25.5 Å². The molecule has 0 amide bonds. The minimum atomic E-state index is -0.607. The number of hydrogen-bond acceptors (Lipinski definition) is 6. The summed E-state index contributed by atoms with van der Waals surface area (Å²) in [7, 11) is 0. The van der Waals surface area contributed by atoms with Crippen LogP contribution in [0.3, 0.4) is 0 Å². The van der Waals surface area contributed by atoms with Gasteiger partial charge in [0.2, 0.25) is 5.88 Å². The highest BCUT2D eigenvalue weighted by molar-refractivity contribution is 9.10. The smallest absolute Gasteiger partial charge is 0.414 e. The van der Waals surface area contributed by atoms with Crippen molar-refractivity contribution >= 4 is 21.7 Å². The normalized spacial score (nSPS) is 20.1. The molecule has 3 rings (SSSR count). The van der Waals surface area contributed by atoms with Crippen molar-refractivity contribution in [2.75, 3.05) is 6.61 Å². The van der Waals surface area contributed by atoms with Crippen molar-refractivity contribution in [2.24, 2.45) is 0 Å². The summed E-state index contributed by atoms with van der Waals surface area (Å²) < 4.78 is 13.9. The van der Waals surface area contributed by atoms with Gasteiger partial charge in [0.05, 0.1) is 0 Å². The average molecular weight is 369 g/mol. The first-order valence-corrected chi connectivity index (χ1v) is 7.39. The first kappa shape index (κ1) is 14.8. The molecule has 1 aliphatic rings. The van der Waals surface area contributed by atoms with Gasteiger partial charge in [0.1, 0.15) is 18.4 Å². The number of pyridine rings is 1. The van der Waals surface area contributed by atoms with E-state index in [1.165, 1.54) is 6.20 Å². The van der Waals surface area contributed by atoms with Crippen LogP contribution in [0.15, 0.2) is 29.0 Å². The van der Waals surface area contributed by atoms with Gasteiger partial charge in [0.15, 0.2) is 0 Å². The first-order valence-electron chi connectivity index (χ1n) is 6.60. The zero-order chi connectivity index (χ0) is 15.7. The van der Waals surface area contributed by atoms with E-state index in [4.69, 9.17) is 9.47 Å². The lowest BCUT2D eigenvalue weighted by Gasteiger charge is -2.32. The Morgan fingerprint density at radius 1 is 1.59 bits per heavy atom. The molecule has 22 heavy (non-hydrogen) atoms. The third-order valence-corrected chi connectivity index (χ3v) is 3.83. The SMILES string of the molecule is CC1(COc2ccc(Br)cn2)CCn2cc([N+](=O)[O-])nc2O1. The number of ether oxygens (including phenoxy) is 2. The Labute approximate surface area is 134 Å². The maximum Gasteiger partial charge on any atom is 0.414 e. The summed E-state index contributed by atoms with van der Waals surface area (Å²) in [6.45, 7) is 2.75. The standard InChI is InChI=1S/C13H13BrN4O4/c1-13(8-21-11-3-2-9(14)6-15-11)4-5-17-7-10(18(19)20)16-12(17)22-13/h2-3,6-7H,4-5,8H2,1H3. The molecule has 1 aliphatic heterocycles. The van der Waals surface area contributed by atoms with Crippen LogP contribution in [-0.2, 0) is 6.54 Å². The van der Waals surface area contributed by atoms with Crippen molar-refractivity contribution in [1.82, 2.24) is 14.5 Å². The van der Waals surface area contributed by atoms with Gasteiger partial charge in [0, 0.05) is 34.7 Å². The molecule has 0 spiro atoms. The van der Waals surface area contributed by atoms with Crippen LogP contribution in [0.1, 0.15) is 13.3 Å². The van der Waals surface area contributed by atoms with Gasteiger partial charge in [-0.3, -0.25) is 4.57 Å². The van der Waals surface area contributed by atoms with Gasteiger partial charge in [-0.15, -0.1) is 0 Å². The molecule has 1 unspecified atom stereocenters. The summed E-state index contributed by atoms with van der Waals surface area (Å²) in [5.41, 5.74) is -0.607. The molecule has 0 fully saturated rings. The second-order valence-corrected chi connectivity index (χ2v) is 6.15. The lowest BCUT2D eigenvalue weighted by Crippen LogP contribution is -2.43. The maximum absolute atomic E-state index is 10.8. The Balaban J connectivity index is 1.69. The predicted octanol–water partition coefficient (Wildman–Crippen LogP) is 2.57. The number of imidazole rings is 1. The highest BCUT2D eigenvalue weighted by atomic mass is 79.9. The molecule has 0 saturated carbocycles. The molecule has 0 radical (unpaired) electrons. The number of nitro groups is 1. The molecule has 2 aromatic heterocycles. The molecule has 0 N–H and O–H groups in total. The summed E-state index contributed by atoms with van der Waals surface area (Å²) in [5.74, 6) is 0.280. The highest BCUT2D eigenvalue weighted by Gasteiger charge is 2.37. The second-order valence-electron chi connectivity index (χ2n) is 5.24. The molecule has 0 aliphatic carbocycles. The molecular weight excluding hydrogens is 356 g/mol. The van der Waals surface area contributed by atoms with E-state index < -0.39 is 10.5 Å². The van der Waals surface area contributed by atoms with Crippen molar-refractivity contribution in [1.29, 1.82) is 0 Å². The van der Waals surface area contributed by atoms with E-state index in [2.05, 4.69) is 25.9 Å². The number of rotatable bonds is 4. The van der Waals surface area contributed by atoms with Gasteiger partial charge in [-0.1, -0.05) is 0 Å². The fourth-order valence-electron chi connectivity index (χ4n) is 2.12. The van der Waals surface area contributed by atoms with Crippen LogP contribution in [0.5, 0.6) is 11.9 Å². The Morgan fingerprint density at radius 2 is 2.41 bits per heavy atom. The predicted molar refractivity (Wildman–Crippen MR) is 80.0 cm³/mol. The number of halogens is 1. The molecule has 0 saturated heterocycles.